The number of hydrogen-bond donors (Lipinski definition) is 1. The summed E-state index contributed by atoms with van der Waals surface area (Å²) in [7, 11) is 0. The van der Waals surface area contributed by atoms with Gasteiger partial charge in [0.05, 0.1) is 0 Å². The molecule has 2 aromatic rings. The molecule has 1 fully saturated rings. The highest BCUT2D eigenvalue weighted by Crippen LogP contribution is 2.20. The highest BCUT2D eigenvalue weighted by atomic mass is 127. The second-order valence-corrected chi connectivity index (χ2v) is 6.80. The van der Waals surface area contributed by atoms with Crippen molar-refractivity contribution in [1.82, 2.24) is 5.32 Å². The van der Waals surface area contributed by atoms with Crippen molar-refractivity contribution in [1.29, 1.82) is 0 Å². The molecule has 1 amide bonds. The number of hydrogen-bond acceptors (Lipinski definition) is 2. The number of anilines is 1. The average Bonchev–Trinajstić information content (AvgIpc) is 3.08. The van der Waals surface area contributed by atoms with Crippen LogP contribution in [-0.2, 0) is 6.54 Å². The van der Waals surface area contributed by atoms with E-state index in [2.05, 4.69) is 57.1 Å². The fourth-order valence-corrected chi connectivity index (χ4v) is 3.05. The van der Waals surface area contributed by atoms with Gasteiger partial charge in [-0.1, -0.05) is 12.1 Å². The molecule has 0 unspecified atom stereocenters. The van der Waals surface area contributed by atoms with Crippen molar-refractivity contribution < 1.29 is 4.79 Å². The van der Waals surface area contributed by atoms with Gasteiger partial charge in [-0.25, -0.2) is 0 Å². The fourth-order valence-electron chi connectivity index (χ4n) is 2.69. The molecule has 0 aliphatic carbocycles. The topological polar surface area (TPSA) is 32.3 Å². The molecular formula is C18H19IN2O. The first-order valence-electron chi connectivity index (χ1n) is 7.60. The standard InChI is InChI=1S/C18H19IN2O/c19-16-7-5-15(6-8-16)18(22)20-13-14-3-9-17(10-4-14)21-11-1-2-12-21/h3-10H,1-2,11-13H2,(H,20,22). The van der Waals surface area contributed by atoms with Gasteiger partial charge in [-0.05, 0) is 77.4 Å². The minimum atomic E-state index is -0.0278. The number of rotatable bonds is 4. The van der Waals surface area contributed by atoms with Crippen LogP contribution in [-0.4, -0.2) is 19.0 Å². The first-order valence-corrected chi connectivity index (χ1v) is 8.68. The summed E-state index contributed by atoms with van der Waals surface area (Å²) < 4.78 is 1.13. The van der Waals surface area contributed by atoms with Gasteiger partial charge in [-0.3, -0.25) is 4.79 Å². The van der Waals surface area contributed by atoms with Gasteiger partial charge < -0.3 is 10.2 Å². The van der Waals surface area contributed by atoms with Crippen LogP contribution in [0.25, 0.3) is 0 Å². The average molecular weight is 406 g/mol. The fraction of sp³-hybridized carbons (Fsp3) is 0.278. The summed E-state index contributed by atoms with van der Waals surface area (Å²) >= 11 is 2.23. The number of carbonyl (C=O) groups is 1. The van der Waals surface area contributed by atoms with Gasteiger partial charge in [0.1, 0.15) is 0 Å². The number of carbonyl (C=O) groups excluding carboxylic acids is 1. The van der Waals surface area contributed by atoms with Crippen LogP contribution >= 0.6 is 22.6 Å². The predicted octanol–water partition coefficient (Wildman–Crippen LogP) is 3.82. The second kappa shape index (κ2) is 7.13. The highest BCUT2D eigenvalue weighted by molar-refractivity contribution is 14.1. The third-order valence-corrected chi connectivity index (χ3v) is 4.69. The highest BCUT2D eigenvalue weighted by Gasteiger charge is 2.12. The Morgan fingerprint density at radius 1 is 1.00 bits per heavy atom. The van der Waals surface area contributed by atoms with Crippen LogP contribution in [0.15, 0.2) is 48.5 Å². The van der Waals surface area contributed by atoms with E-state index in [0.717, 1.165) is 22.2 Å². The summed E-state index contributed by atoms with van der Waals surface area (Å²) in [5.41, 5.74) is 3.11. The van der Waals surface area contributed by atoms with E-state index in [9.17, 15) is 4.79 Å². The number of benzene rings is 2. The Kier molecular flexibility index (Phi) is 4.97. The maximum absolute atomic E-state index is 12.1. The molecule has 1 saturated heterocycles. The minimum Gasteiger partial charge on any atom is -0.372 e. The Balaban J connectivity index is 1.56. The predicted molar refractivity (Wildman–Crippen MR) is 98.2 cm³/mol. The zero-order chi connectivity index (χ0) is 15.4. The quantitative estimate of drug-likeness (QED) is 0.784. The maximum atomic E-state index is 12.1. The lowest BCUT2D eigenvalue weighted by atomic mass is 10.1. The van der Waals surface area contributed by atoms with E-state index in [4.69, 9.17) is 0 Å². The van der Waals surface area contributed by atoms with Gasteiger partial charge in [0.15, 0.2) is 0 Å². The molecular weight excluding hydrogens is 387 g/mol. The summed E-state index contributed by atoms with van der Waals surface area (Å²) in [4.78, 5) is 14.5. The molecule has 1 N–H and O–H groups in total. The van der Waals surface area contributed by atoms with Crippen LogP contribution in [0.1, 0.15) is 28.8 Å². The summed E-state index contributed by atoms with van der Waals surface area (Å²) in [5, 5.41) is 2.97. The first-order chi connectivity index (χ1) is 10.7. The lowest BCUT2D eigenvalue weighted by molar-refractivity contribution is 0.0951. The molecule has 1 aliphatic heterocycles. The molecule has 1 aliphatic rings. The lowest BCUT2D eigenvalue weighted by Gasteiger charge is -2.17. The molecule has 0 aromatic heterocycles. The Labute approximate surface area is 144 Å². The van der Waals surface area contributed by atoms with Crippen LogP contribution in [0.4, 0.5) is 5.69 Å². The zero-order valence-electron chi connectivity index (χ0n) is 12.4. The van der Waals surface area contributed by atoms with Crippen LogP contribution in [0.5, 0.6) is 0 Å². The van der Waals surface area contributed by atoms with Crippen LogP contribution in [0.2, 0.25) is 0 Å². The van der Waals surface area contributed by atoms with Crippen molar-refractivity contribution in [3.05, 3.63) is 63.2 Å². The molecule has 0 atom stereocenters. The molecule has 0 bridgehead atoms. The van der Waals surface area contributed by atoms with Gasteiger partial charge in [0.2, 0.25) is 0 Å². The van der Waals surface area contributed by atoms with E-state index in [1.165, 1.54) is 18.5 Å². The van der Waals surface area contributed by atoms with E-state index in [-0.39, 0.29) is 5.91 Å². The van der Waals surface area contributed by atoms with Crippen molar-refractivity contribution >= 4 is 34.2 Å². The molecule has 4 heteroatoms. The Morgan fingerprint density at radius 3 is 2.27 bits per heavy atom. The van der Waals surface area contributed by atoms with E-state index in [1.54, 1.807) is 0 Å². The monoisotopic (exact) mass is 406 g/mol. The molecule has 0 radical (unpaired) electrons. The maximum Gasteiger partial charge on any atom is 0.251 e. The van der Waals surface area contributed by atoms with Crippen LogP contribution in [0.3, 0.4) is 0 Å². The summed E-state index contributed by atoms with van der Waals surface area (Å²) in [5.74, 6) is -0.0278. The van der Waals surface area contributed by atoms with Crippen molar-refractivity contribution in [2.45, 2.75) is 19.4 Å². The first kappa shape index (κ1) is 15.3. The van der Waals surface area contributed by atoms with E-state index in [0.29, 0.717) is 12.1 Å². The lowest BCUT2D eigenvalue weighted by Crippen LogP contribution is -2.23. The van der Waals surface area contributed by atoms with E-state index in [1.807, 2.05) is 24.3 Å². The summed E-state index contributed by atoms with van der Waals surface area (Å²) in [6.45, 7) is 2.87. The van der Waals surface area contributed by atoms with Crippen molar-refractivity contribution in [2.75, 3.05) is 18.0 Å². The third kappa shape index (κ3) is 3.80. The minimum absolute atomic E-state index is 0.0278. The van der Waals surface area contributed by atoms with Crippen molar-refractivity contribution in [3.8, 4) is 0 Å². The molecule has 0 saturated carbocycles. The number of nitrogens with one attached hydrogen (secondary N) is 1. The zero-order valence-corrected chi connectivity index (χ0v) is 14.5. The third-order valence-electron chi connectivity index (χ3n) is 3.97. The van der Waals surface area contributed by atoms with Gasteiger partial charge in [0, 0.05) is 34.5 Å². The molecule has 3 nitrogen and oxygen atoms in total. The molecule has 22 heavy (non-hydrogen) atoms. The van der Waals surface area contributed by atoms with E-state index < -0.39 is 0 Å². The summed E-state index contributed by atoms with van der Waals surface area (Å²) in [6, 6.07) is 16.1. The van der Waals surface area contributed by atoms with E-state index >= 15 is 0 Å². The van der Waals surface area contributed by atoms with Crippen molar-refractivity contribution in [2.24, 2.45) is 0 Å². The van der Waals surface area contributed by atoms with Gasteiger partial charge >= 0.3 is 0 Å². The number of halogens is 1. The largest absolute Gasteiger partial charge is 0.372 e. The van der Waals surface area contributed by atoms with Gasteiger partial charge in [0.25, 0.3) is 5.91 Å². The van der Waals surface area contributed by atoms with Gasteiger partial charge in [-0.2, -0.15) is 0 Å². The Morgan fingerprint density at radius 2 is 1.64 bits per heavy atom. The molecule has 2 aromatic carbocycles. The molecule has 114 valence electrons. The summed E-state index contributed by atoms with van der Waals surface area (Å²) in [6.07, 6.45) is 2.57. The number of nitrogens with zero attached hydrogens (tertiary/aromatic N) is 1. The molecule has 0 spiro atoms. The molecule has 3 rings (SSSR count). The molecule has 1 heterocycles. The van der Waals surface area contributed by atoms with Crippen molar-refractivity contribution in [3.63, 3.8) is 0 Å². The number of amides is 1. The smallest absolute Gasteiger partial charge is 0.251 e. The second-order valence-electron chi connectivity index (χ2n) is 5.55. The normalized spacial score (nSPS) is 14.1. The Hall–Kier alpha value is -1.56. The Bertz CT molecular complexity index is 631. The van der Waals surface area contributed by atoms with Gasteiger partial charge in [-0.15, -0.1) is 0 Å². The van der Waals surface area contributed by atoms with Crippen LogP contribution < -0.4 is 10.2 Å². The SMILES string of the molecule is O=C(NCc1ccc(N2CCCC2)cc1)c1ccc(I)cc1. The van der Waals surface area contributed by atoms with Crippen LogP contribution in [0, 0.1) is 3.57 Å².